The van der Waals surface area contributed by atoms with Gasteiger partial charge in [0.1, 0.15) is 6.29 Å². The van der Waals surface area contributed by atoms with Crippen LogP contribution in [-0.2, 0) is 19.1 Å². The lowest BCUT2D eigenvalue weighted by Crippen LogP contribution is -2.50. The monoisotopic (exact) mass is 393 g/mol. The Morgan fingerprint density at radius 2 is 2.00 bits per heavy atom. The molecule has 1 amide bonds. The normalized spacial score (nSPS) is 29.0. The van der Waals surface area contributed by atoms with Crippen LogP contribution in [0, 0.1) is 5.92 Å². The molecule has 4 unspecified atom stereocenters. The van der Waals surface area contributed by atoms with Crippen LogP contribution in [0.3, 0.4) is 0 Å². The van der Waals surface area contributed by atoms with Crippen molar-refractivity contribution >= 4 is 23.8 Å². The average molecular weight is 394 g/mol. The first-order chi connectivity index (χ1) is 12.8. The Morgan fingerprint density at radius 3 is 2.56 bits per heavy atom. The number of piperidine rings is 1. The van der Waals surface area contributed by atoms with Crippen molar-refractivity contribution in [2.75, 3.05) is 6.61 Å². The summed E-state index contributed by atoms with van der Waals surface area (Å²) in [5.41, 5.74) is 1.02. The lowest BCUT2D eigenvalue weighted by atomic mass is 9.84. The van der Waals surface area contributed by atoms with E-state index in [4.69, 9.17) is 21.1 Å². The number of halogens is 1. The van der Waals surface area contributed by atoms with E-state index in [2.05, 4.69) is 0 Å². The van der Waals surface area contributed by atoms with Crippen molar-refractivity contribution in [2.24, 2.45) is 5.92 Å². The van der Waals surface area contributed by atoms with Crippen LogP contribution >= 0.6 is 11.6 Å². The summed E-state index contributed by atoms with van der Waals surface area (Å²) in [6.07, 6.45) is 3.63. The number of likely N-dealkylation sites (tertiary alicyclic amines) is 1. The van der Waals surface area contributed by atoms with E-state index in [1.165, 1.54) is 0 Å². The molecule has 0 N–H and O–H groups in total. The summed E-state index contributed by atoms with van der Waals surface area (Å²) in [6, 6.07) is 7.04. The molecule has 2 aliphatic rings. The molecule has 2 saturated heterocycles. The SMILES string of the molecule is CCC(C=O)N1C(=O)C(CC2COC(C)(C)O2)CCC1c1ccc(Cl)cc1. The molecule has 27 heavy (non-hydrogen) atoms. The van der Waals surface area contributed by atoms with Gasteiger partial charge in [0.05, 0.1) is 24.8 Å². The molecule has 4 atom stereocenters. The molecule has 0 bridgehead atoms. The minimum atomic E-state index is -0.595. The summed E-state index contributed by atoms with van der Waals surface area (Å²) in [4.78, 5) is 26.8. The van der Waals surface area contributed by atoms with Crippen molar-refractivity contribution in [3.05, 3.63) is 34.9 Å². The average Bonchev–Trinajstić information content (AvgIpc) is 2.98. The molecular weight excluding hydrogens is 366 g/mol. The van der Waals surface area contributed by atoms with Crippen LogP contribution in [0.15, 0.2) is 24.3 Å². The lowest BCUT2D eigenvalue weighted by molar-refractivity contribution is -0.153. The van der Waals surface area contributed by atoms with Crippen molar-refractivity contribution < 1.29 is 19.1 Å². The van der Waals surface area contributed by atoms with E-state index in [-0.39, 0.29) is 24.0 Å². The number of hydrogen-bond acceptors (Lipinski definition) is 4. The fraction of sp³-hybridized carbons (Fsp3) is 0.619. The number of ether oxygens (including phenoxy) is 2. The van der Waals surface area contributed by atoms with Gasteiger partial charge in [-0.2, -0.15) is 0 Å². The zero-order valence-electron chi connectivity index (χ0n) is 16.2. The van der Waals surface area contributed by atoms with Crippen molar-refractivity contribution in [1.29, 1.82) is 0 Å². The third-order valence-corrected chi connectivity index (χ3v) is 5.78. The Balaban J connectivity index is 1.79. The fourth-order valence-corrected chi connectivity index (χ4v) is 4.29. The largest absolute Gasteiger partial charge is 0.348 e. The Hall–Kier alpha value is -1.43. The first-order valence-electron chi connectivity index (χ1n) is 9.69. The van der Waals surface area contributed by atoms with Gasteiger partial charge in [0.2, 0.25) is 5.91 Å². The van der Waals surface area contributed by atoms with E-state index in [0.717, 1.165) is 24.7 Å². The molecule has 0 aromatic heterocycles. The third kappa shape index (κ3) is 4.53. The number of aldehydes is 1. The van der Waals surface area contributed by atoms with Crippen LogP contribution in [0.5, 0.6) is 0 Å². The summed E-state index contributed by atoms with van der Waals surface area (Å²) in [7, 11) is 0. The van der Waals surface area contributed by atoms with Crippen molar-refractivity contribution in [3.63, 3.8) is 0 Å². The summed E-state index contributed by atoms with van der Waals surface area (Å²) < 4.78 is 11.5. The Kier molecular flexibility index (Phi) is 6.24. The standard InChI is InChI=1S/C21H28ClNO4/c1-4-17(12-24)23-19(14-5-8-16(22)9-6-14)10-7-15(20(23)25)11-18-13-26-21(2,3)27-18/h5-6,8-9,12,15,17-19H,4,7,10-11,13H2,1-3H3. The zero-order chi connectivity index (χ0) is 19.6. The van der Waals surface area contributed by atoms with Gasteiger partial charge in [-0.1, -0.05) is 30.7 Å². The molecule has 0 spiro atoms. The summed E-state index contributed by atoms with van der Waals surface area (Å²) >= 11 is 6.01. The topological polar surface area (TPSA) is 55.8 Å². The van der Waals surface area contributed by atoms with Gasteiger partial charge in [0.25, 0.3) is 0 Å². The van der Waals surface area contributed by atoms with Crippen molar-refractivity contribution in [2.45, 2.75) is 70.4 Å². The number of hydrogen-bond donors (Lipinski definition) is 0. The van der Waals surface area contributed by atoms with Gasteiger partial charge in [-0.3, -0.25) is 4.79 Å². The van der Waals surface area contributed by atoms with Crippen LogP contribution in [-0.4, -0.2) is 41.6 Å². The third-order valence-electron chi connectivity index (χ3n) is 5.53. The Bertz CT molecular complexity index is 675. The number of benzene rings is 1. The van der Waals surface area contributed by atoms with Crippen LogP contribution in [0.4, 0.5) is 0 Å². The molecule has 0 saturated carbocycles. The second-order valence-electron chi connectivity index (χ2n) is 7.89. The van der Waals surface area contributed by atoms with Gasteiger partial charge in [-0.05, 0) is 57.2 Å². The van der Waals surface area contributed by atoms with Crippen LogP contribution in [0.25, 0.3) is 0 Å². The van der Waals surface area contributed by atoms with E-state index in [9.17, 15) is 9.59 Å². The van der Waals surface area contributed by atoms with Crippen molar-refractivity contribution in [3.8, 4) is 0 Å². The van der Waals surface area contributed by atoms with Gasteiger partial charge in [-0.15, -0.1) is 0 Å². The summed E-state index contributed by atoms with van der Waals surface area (Å²) in [5, 5.41) is 0.661. The van der Waals surface area contributed by atoms with Crippen LogP contribution < -0.4 is 0 Å². The maximum atomic E-state index is 13.3. The fourth-order valence-electron chi connectivity index (χ4n) is 4.17. The molecule has 2 aliphatic heterocycles. The molecule has 5 nitrogen and oxygen atoms in total. The predicted octanol–water partition coefficient (Wildman–Crippen LogP) is 4.14. The van der Waals surface area contributed by atoms with Gasteiger partial charge < -0.3 is 19.2 Å². The maximum Gasteiger partial charge on any atom is 0.226 e. The van der Waals surface area contributed by atoms with E-state index >= 15 is 0 Å². The van der Waals surface area contributed by atoms with Crippen molar-refractivity contribution in [1.82, 2.24) is 4.90 Å². The van der Waals surface area contributed by atoms with Crippen LogP contribution in [0.2, 0.25) is 5.02 Å². The molecule has 148 valence electrons. The maximum absolute atomic E-state index is 13.3. The lowest BCUT2D eigenvalue weighted by Gasteiger charge is -2.42. The zero-order valence-corrected chi connectivity index (χ0v) is 16.9. The first-order valence-corrected chi connectivity index (χ1v) is 10.1. The van der Waals surface area contributed by atoms with Gasteiger partial charge in [0, 0.05) is 10.9 Å². The van der Waals surface area contributed by atoms with Gasteiger partial charge >= 0.3 is 0 Å². The number of carbonyl (C=O) groups excluding carboxylic acids is 2. The first kappa shape index (κ1) is 20.3. The highest BCUT2D eigenvalue weighted by molar-refractivity contribution is 6.30. The molecule has 6 heteroatoms. The molecular formula is C21H28ClNO4. The molecule has 0 radical (unpaired) electrons. The molecule has 2 fully saturated rings. The highest BCUT2D eigenvalue weighted by Crippen LogP contribution is 2.39. The second-order valence-corrected chi connectivity index (χ2v) is 8.32. The smallest absolute Gasteiger partial charge is 0.226 e. The Morgan fingerprint density at radius 1 is 1.30 bits per heavy atom. The molecule has 1 aromatic carbocycles. The molecule has 1 aromatic rings. The molecule has 0 aliphatic carbocycles. The van der Waals surface area contributed by atoms with Crippen LogP contribution in [0.1, 0.15) is 58.1 Å². The van der Waals surface area contributed by atoms with Gasteiger partial charge in [-0.25, -0.2) is 0 Å². The predicted molar refractivity (Wildman–Crippen MR) is 103 cm³/mol. The number of rotatable bonds is 6. The van der Waals surface area contributed by atoms with E-state index in [1.54, 1.807) is 4.90 Å². The molecule has 3 rings (SSSR count). The summed E-state index contributed by atoms with van der Waals surface area (Å²) in [6.45, 7) is 6.21. The highest BCUT2D eigenvalue weighted by atomic mass is 35.5. The highest BCUT2D eigenvalue weighted by Gasteiger charge is 2.42. The summed E-state index contributed by atoms with van der Waals surface area (Å²) in [5.74, 6) is -0.707. The van der Waals surface area contributed by atoms with E-state index < -0.39 is 11.8 Å². The Labute approximate surface area is 166 Å². The minimum absolute atomic E-state index is 0.0356. The number of carbonyl (C=O) groups is 2. The van der Waals surface area contributed by atoms with E-state index in [1.807, 2.05) is 45.0 Å². The van der Waals surface area contributed by atoms with Gasteiger partial charge in [0.15, 0.2) is 5.79 Å². The quantitative estimate of drug-likeness (QED) is 0.681. The van der Waals surface area contributed by atoms with E-state index in [0.29, 0.717) is 24.5 Å². The number of nitrogens with zero attached hydrogens (tertiary/aromatic N) is 1. The minimum Gasteiger partial charge on any atom is -0.348 e. The second kappa shape index (κ2) is 8.29. The molecule has 2 heterocycles. The number of amides is 1.